The number of nitrogens with zero attached hydrogens (tertiary/aromatic N) is 1. The Morgan fingerprint density at radius 2 is 2.20 bits per heavy atom. The number of aliphatic carboxylic acids is 1. The number of carbonyl (C=O) groups excluding carboxylic acids is 1. The van der Waals surface area contributed by atoms with Gasteiger partial charge in [-0.2, -0.15) is 0 Å². The molecule has 106 valence electrons. The zero-order valence-electron chi connectivity index (χ0n) is 11.3. The van der Waals surface area contributed by atoms with E-state index in [0.29, 0.717) is 13.0 Å². The molecule has 0 bridgehead atoms. The van der Waals surface area contributed by atoms with E-state index in [0.717, 1.165) is 42.7 Å². The Balaban J connectivity index is 1.80. The lowest BCUT2D eigenvalue weighted by molar-refractivity contribution is -0.142. The molecule has 5 heteroatoms. The summed E-state index contributed by atoms with van der Waals surface area (Å²) in [5.74, 6) is -0.923. The highest BCUT2D eigenvalue weighted by Gasteiger charge is 2.26. The molecule has 1 fully saturated rings. The largest absolute Gasteiger partial charge is 0.481 e. The van der Waals surface area contributed by atoms with Crippen molar-refractivity contribution in [2.45, 2.75) is 25.7 Å². The quantitative estimate of drug-likeness (QED) is 0.864. The predicted molar refractivity (Wildman–Crippen MR) is 76.0 cm³/mol. The molecule has 0 aliphatic carbocycles. The van der Waals surface area contributed by atoms with Gasteiger partial charge in [-0.25, -0.2) is 0 Å². The van der Waals surface area contributed by atoms with E-state index in [2.05, 4.69) is 16.3 Å². The number of benzene rings is 1. The minimum absolute atomic E-state index is 0.0640. The summed E-state index contributed by atoms with van der Waals surface area (Å²) in [6, 6.07) is 5.97. The van der Waals surface area contributed by atoms with E-state index in [9.17, 15) is 9.59 Å². The summed E-state index contributed by atoms with van der Waals surface area (Å²) in [6.07, 6.45) is 2.94. The summed E-state index contributed by atoms with van der Waals surface area (Å²) in [4.78, 5) is 24.6. The fourth-order valence-corrected chi connectivity index (χ4v) is 2.98. The van der Waals surface area contributed by atoms with E-state index >= 15 is 0 Å². The third kappa shape index (κ3) is 2.48. The lowest BCUT2D eigenvalue weighted by Crippen LogP contribution is -2.38. The molecule has 2 N–H and O–H groups in total. The maximum absolute atomic E-state index is 11.3. The van der Waals surface area contributed by atoms with Gasteiger partial charge in [0.2, 0.25) is 5.91 Å². The first-order chi connectivity index (χ1) is 9.63. The van der Waals surface area contributed by atoms with Crippen LogP contribution in [0.1, 0.15) is 24.8 Å². The third-order valence-corrected chi connectivity index (χ3v) is 4.12. The SMILES string of the molecule is O=C1CCc2cc(N3CCCC(C(=O)O)C3)ccc2N1. The van der Waals surface area contributed by atoms with Gasteiger partial charge in [-0.3, -0.25) is 9.59 Å². The van der Waals surface area contributed by atoms with E-state index in [4.69, 9.17) is 5.11 Å². The number of hydrogen-bond donors (Lipinski definition) is 2. The van der Waals surface area contributed by atoms with Gasteiger partial charge in [0.15, 0.2) is 0 Å². The summed E-state index contributed by atoms with van der Waals surface area (Å²) in [5, 5.41) is 12.0. The number of carboxylic acids is 1. The maximum Gasteiger partial charge on any atom is 0.308 e. The van der Waals surface area contributed by atoms with Gasteiger partial charge in [0.1, 0.15) is 0 Å². The summed E-state index contributed by atoms with van der Waals surface area (Å²) in [6.45, 7) is 1.47. The smallest absolute Gasteiger partial charge is 0.308 e. The van der Waals surface area contributed by atoms with Gasteiger partial charge in [-0.15, -0.1) is 0 Å². The van der Waals surface area contributed by atoms with Crippen LogP contribution in [-0.4, -0.2) is 30.1 Å². The van der Waals surface area contributed by atoms with Crippen molar-refractivity contribution < 1.29 is 14.7 Å². The van der Waals surface area contributed by atoms with Crippen LogP contribution in [0.15, 0.2) is 18.2 Å². The highest BCUT2D eigenvalue weighted by atomic mass is 16.4. The number of carboxylic acid groups (broad SMARTS) is 1. The lowest BCUT2D eigenvalue weighted by Gasteiger charge is -2.33. The van der Waals surface area contributed by atoms with Crippen molar-refractivity contribution >= 4 is 23.3 Å². The topological polar surface area (TPSA) is 69.6 Å². The molecule has 20 heavy (non-hydrogen) atoms. The fraction of sp³-hybridized carbons (Fsp3) is 0.467. The molecule has 1 unspecified atom stereocenters. The minimum atomic E-state index is -0.708. The van der Waals surface area contributed by atoms with E-state index in [1.165, 1.54) is 0 Å². The van der Waals surface area contributed by atoms with Crippen molar-refractivity contribution in [3.8, 4) is 0 Å². The van der Waals surface area contributed by atoms with Crippen LogP contribution < -0.4 is 10.2 Å². The second-order valence-corrected chi connectivity index (χ2v) is 5.51. The molecule has 2 heterocycles. The number of fused-ring (bicyclic) bond motifs is 1. The fourth-order valence-electron chi connectivity index (χ4n) is 2.98. The molecular weight excluding hydrogens is 256 g/mol. The molecule has 1 amide bonds. The number of aryl methyl sites for hydroxylation is 1. The Morgan fingerprint density at radius 1 is 1.35 bits per heavy atom. The first kappa shape index (κ1) is 13.0. The van der Waals surface area contributed by atoms with Crippen LogP contribution in [0.25, 0.3) is 0 Å². The zero-order valence-corrected chi connectivity index (χ0v) is 11.3. The average Bonchev–Trinajstić information content (AvgIpc) is 2.47. The van der Waals surface area contributed by atoms with Crippen molar-refractivity contribution in [2.75, 3.05) is 23.3 Å². The van der Waals surface area contributed by atoms with Crippen molar-refractivity contribution in [1.29, 1.82) is 0 Å². The van der Waals surface area contributed by atoms with E-state index in [-0.39, 0.29) is 11.8 Å². The molecule has 1 aromatic rings. The van der Waals surface area contributed by atoms with Gasteiger partial charge in [0.05, 0.1) is 5.92 Å². The monoisotopic (exact) mass is 274 g/mol. The summed E-state index contributed by atoms with van der Waals surface area (Å²) in [5.41, 5.74) is 3.09. The Kier molecular flexibility index (Phi) is 3.34. The Morgan fingerprint density at radius 3 is 3.00 bits per heavy atom. The standard InChI is InChI=1S/C15H18N2O3/c18-14-6-3-10-8-12(4-5-13(10)16-14)17-7-1-2-11(9-17)15(19)20/h4-5,8,11H,1-3,6-7,9H2,(H,16,18)(H,19,20). The van der Waals surface area contributed by atoms with E-state index in [1.807, 2.05) is 12.1 Å². The summed E-state index contributed by atoms with van der Waals surface area (Å²) < 4.78 is 0. The van der Waals surface area contributed by atoms with Crippen molar-refractivity contribution in [2.24, 2.45) is 5.92 Å². The summed E-state index contributed by atoms with van der Waals surface area (Å²) >= 11 is 0. The first-order valence-corrected chi connectivity index (χ1v) is 7.04. The Labute approximate surface area is 117 Å². The molecule has 3 rings (SSSR count). The number of anilines is 2. The van der Waals surface area contributed by atoms with Crippen LogP contribution in [0, 0.1) is 5.92 Å². The van der Waals surface area contributed by atoms with Gasteiger partial charge < -0.3 is 15.3 Å². The molecule has 2 aliphatic heterocycles. The van der Waals surface area contributed by atoms with Crippen molar-refractivity contribution in [3.63, 3.8) is 0 Å². The molecule has 0 saturated carbocycles. The molecule has 1 atom stereocenters. The van der Waals surface area contributed by atoms with Crippen LogP contribution in [0.5, 0.6) is 0 Å². The van der Waals surface area contributed by atoms with Crippen LogP contribution in [0.3, 0.4) is 0 Å². The Bertz CT molecular complexity index is 556. The normalized spacial score (nSPS) is 22.1. The van der Waals surface area contributed by atoms with Gasteiger partial charge >= 0.3 is 5.97 Å². The van der Waals surface area contributed by atoms with Crippen LogP contribution >= 0.6 is 0 Å². The number of rotatable bonds is 2. The molecule has 0 spiro atoms. The van der Waals surface area contributed by atoms with Crippen LogP contribution in [0.2, 0.25) is 0 Å². The highest BCUT2D eigenvalue weighted by Crippen LogP contribution is 2.30. The number of piperidine rings is 1. The predicted octanol–water partition coefficient (Wildman–Crippen LogP) is 1.87. The maximum atomic E-state index is 11.3. The van der Waals surface area contributed by atoms with Crippen molar-refractivity contribution in [3.05, 3.63) is 23.8 Å². The van der Waals surface area contributed by atoms with E-state index < -0.39 is 5.97 Å². The second-order valence-electron chi connectivity index (χ2n) is 5.51. The molecule has 1 aromatic carbocycles. The highest BCUT2D eigenvalue weighted by molar-refractivity contribution is 5.94. The third-order valence-electron chi connectivity index (χ3n) is 4.12. The lowest BCUT2D eigenvalue weighted by atomic mass is 9.96. The number of hydrogen-bond acceptors (Lipinski definition) is 3. The molecule has 1 saturated heterocycles. The van der Waals surface area contributed by atoms with Gasteiger partial charge in [0.25, 0.3) is 0 Å². The number of amides is 1. The molecule has 5 nitrogen and oxygen atoms in total. The molecule has 0 radical (unpaired) electrons. The molecular formula is C15H18N2O3. The second kappa shape index (κ2) is 5.15. The average molecular weight is 274 g/mol. The van der Waals surface area contributed by atoms with Gasteiger partial charge in [-0.05, 0) is 43.0 Å². The van der Waals surface area contributed by atoms with Crippen LogP contribution in [0.4, 0.5) is 11.4 Å². The Hall–Kier alpha value is -2.04. The molecule has 0 aromatic heterocycles. The number of nitrogens with one attached hydrogen (secondary N) is 1. The van der Waals surface area contributed by atoms with Crippen LogP contribution in [-0.2, 0) is 16.0 Å². The van der Waals surface area contributed by atoms with E-state index in [1.54, 1.807) is 0 Å². The van der Waals surface area contributed by atoms with Crippen molar-refractivity contribution in [1.82, 2.24) is 0 Å². The molecule has 2 aliphatic rings. The number of carbonyl (C=O) groups is 2. The first-order valence-electron chi connectivity index (χ1n) is 7.04. The zero-order chi connectivity index (χ0) is 14.1. The summed E-state index contributed by atoms with van der Waals surface area (Å²) in [7, 11) is 0. The van der Waals surface area contributed by atoms with Gasteiger partial charge in [-0.1, -0.05) is 0 Å². The minimum Gasteiger partial charge on any atom is -0.481 e. The van der Waals surface area contributed by atoms with Gasteiger partial charge in [0, 0.05) is 30.9 Å².